The minimum atomic E-state index is -4.34. The number of nitrogens with two attached hydrogens (primary N) is 1. The van der Waals surface area contributed by atoms with Crippen molar-refractivity contribution in [1.29, 1.82) is 0 Å². The fourth-order valence-electron chi connectivity index (χ4n) is 2.44. The topological polar surface area (TPSA) is 63.3 Å². The molecule has 2 atom stereocenters. The second kappa shape index (κ2) is 8.17. The van der Waals surface area contributed by atoms with Gasteiger partial charge in [-0.05, 0) is 36.8 Å². The molecular formula is C16H22F3NO2. The number of rotatable bonds is 8. The second-order valence-corrected chi connectivity index (χ2v) is 5.52. The number of halogens is 3. The predicted octanol–water partition coefficient (Wildman–Crippen LogP) is 3.71. The molecule has 0 saturated carbocycles. The number of aliphatic carboxylic acids is 1. The molecule has 1 aromatic rings. The molecule has 6 heteroatoms. The SMILES string of the molecule is CCC(CCC(CN)C(=O)O)Cc1cccc(C(F)(F)F)c1. The smallest absolute Gasteiger partial charge is 0.416 e. The highest BCUT2D eigenvalue weighted by Crippen LogP contribution is 2.30. The van der Waals surface area contributed by atoms with Gasteiger partial charge in [0.15, 0.2) is 0 Å². The van der Waals surface area contributed by atoms with Crippen LogP contribution in [-0.4, -0.2) is 17.6 Å². The van der Waals surface area contributed by atoms with Crippen molar-refractivity contribution < 1.29 is 23.1 Å². The van der Waals surface area contributed by atoms with E-state index in [0.29, 0.717) is 24.8 Å². The Kier molecular flexibility index (Phi) is 6.87. The van der Waals surface area contributed by atoms with Gasteiger partial charge in [-0.3, -0.25) is 4.79 Å². The van der Waals surface area contributed by atoms with E-state index in [-0.39, 0.29) is 12.5 Å². The number of hydrogen-bond donors (Lipinski definition) is 2. The normalized spacial score (nSPS) is 14.6. The van der Waals surface area contributed by atoms with E-state index in [4.69, 9.17) is 10.8 Å². The van der Waals surface area contributed by atoms with Gasteiger partial charge in [0.1, 0.15) is 0 Å². The number of hydrogen-bond acceptors (Lipinski definition) is 2. The number of carbonyl (C=O) groups is 1. The first-order valence-corrected chi connectivity index (χ1v) is 7.36. The Hall–Kier alpha value is -1.56. The molecule has 3 nitrogen and oxygen atoms in total. The van der Waals surface area contributed by atoms with Crippen LogP contribution < -0.4 is 5.73 Å². The van der Waals surface area contributed by atoms with Crippen LogP contribution in [0.4, 0.5) is 13.2 Å². The van der Waals surface area contributed by atoms with Gasteiger partial charge in [-0.1, -0.05) is 31.5 Å². The van der Waals surface area contributed by atoms with Gasteiger partial charge in [0.2, 0.25) is 0 Å². The number of carboxylic acid groups (broad SMARTS) is 1. The van der Waals surface area contributed by atoms with Crippen LogP contribution in [0.3, 0.4) is 0 Å². The Balaban J connectivity index is 2.68. The third-order valence-electron chi connectivity index (χ3n) is 3.91. The lowest BCUT2D eigenvalue weighted by molar-refractivity contribution is -0.141. The Morgan fingerprint density at radius 1 is 1.32 bits per heavy atom. The van der Waals surface area contributed by atoms with Crippen molar-refractivity contribution in [3.63, 3.8) is 0 Å². The van der Waals surface area contributed by atoms with Gasteiger partial charge < -0.3 is 10.8 Å². The molecule has 0 spiro atoms. The highest BCUT2D eigenvalue weighted by atomic mass is 19.4. The van der Waals surface area contributed by atoms with E-state index in [1.54, 1.807) is 6.07 Å². The van der Waals surface area contributed by atoms with Crippen LogP contribution in [0.25, 0.3) is 0 Å². The largest absolute Gasteiger partial charge is 0.481 e. The maximum Gasteiger partial charge on any atom is 0.416 e. The van der Waals surface area contributed by atoms with Crippen molar-refractivity contribution in [2.75, 3.05) is 6.54 Å². The van der Waals surface area contributed by atoms with Crippen LogP contribution >= 0.6 is 0 Å². The lowest BCUT2D eigenvalue weighted by atomic mass is 9.89. The summed E-state index contributed by atoms with van der Waals surface area (Å²) in [6.07, 6.45) is -1.96. The van der Waals surface area contributed by atoms with Gasteiger partial charge in [-0.15, -0.1) is 0 Å². The van der Waals surface area contributed by atoms with Gasteiger partial charge in [-0.25, -0.2) is 0 Å². The number of carboxylic acids is 1. The maximum atomic E-state index is 12.7. The summed E-state index contributed by atoms with van der Waals surface area (Å²) in [5.74, 6) is -1.36. The lowest BCUT2D eigenvalue weighted by Crippen LogP contribution is -2.24. The first kappa shape index (κ1) is 18.5. The predicted molar refractivity (Wildman–Crippen MR) is 78.3 cm³/mol. The Bertz CT molecular complexity index is 489. The third-order valence-corrected chi connectivity index (χ3v) is 3.91. The fourth-order valence-corrected chi connectivity index (χ4v) is 2.44. The molecule has 0 saturated heterocycles. The highest BCUT2D eigenvalue weighted by molar-refractivity contribution is 5.70. The number of benzene rings is 1. The summed E-state index contributed by atoms with van der Waals surface area (Å²) in [7, 11) is 0. The summed E-state index contributed by atoms with van der Waals surface area (Å²) in [6.45, 7) is 2.03. The van der Waals surface area contributed by atoms with Crippen LogP contribution in [0, 0.1) is 11.8 Å². The van der Waals surface area contributed by atoms with Crippen molar-refractivity contribution in [3.8, 4) is 0 Å². The fraction of sp³-hybridized carbons (Fsp3) is 0.562. The summed E-state index contributed by atoms with van der Waals surface area (Å²) in [6, 6.07) is 5.31. The molecule has 0 aliphatic rings. The summed E-state index contributed by atoms with van der Waals surface area (Å²) in [4.78, 5) is 10.9. The average molecular weight is 317 g/mol. The van der Waals surface area contributed by atoms with E-state index in [9.17, 15) is 18.0 Å². The van der Waals surface area contributed by atoms with Crippen LogP contribution in [-0.2, 0) is 17.4 Å². The van der Waals surface area contributed by atoms with Crippen LogP contribution in [0.15, 0.2) is 24.3 Å². The molecular weight excluding hydrogens is 295 g/mol. The minimum Gasteiger partial charge on any atom is -0.481 e. The molecule has 22 heavy (non-hydrogen) atoms. The van der Waals surface area contributed by atoms with Crippen molar-refractivity contribution in [2.45, 2.75) is 38.8 Å². The standard InChI is InChI=1S/C16H22F3NO2/c1-2-11(6-7-13(10-20)15(21)22)8-12-4-3-5-14(9-12)16(17,18)19/h3-5,9,11,13H,2,6-8,10,20H2,1H3,(H,21,22). The van der Waals surface area contributed by atoms with Crippen LogP contribution in [0.5, 0.6) is 0 Å². The molecule has 0 aromatic heterocycles. The monoisotopic (exact) mass is 317 g/mol. The van der Waals surface area contributed by atoms with Gasteiger partial charge in [0.05, 0.1) is 11.5 Å². The molecule has 124 valence electrons. The molecule has 0 aliphatic carbocycles. The first-order chi connectivity index (χ1) is 10.3. The zero-order valence-corrected chi connectivity index (χ0v) is 12.6. The van der Waals surface area contributed by atoms with Gasteiger partial charge in [-0.2, -0.15) is 13.2 Å². The Morgan fingerprint density at radius 2 is 2.00 bits per heavy atom. The first-order valence-electron chi connectivity index (χ1n) is 7.36. The van der Waals surface area contributed by atoms with Gasteiger partial charge in [0, 0.05) is 6.54 Å². The van der Waals surface area contributed by atoms with E-state index < -0.39 is 23.6 Å². The summed E-state index contributed by atoms with van der Waals surface area (Å²) < 4.78 is 38.1. The molecule has 1 aromatic carbocycles. The second-order valence-electron chi connectivity index (χ2n) is 5.52. The Morgan fingerprint density at radius 3 is 2.50 bits per heavy atom. The Labute approximate surface area is 128 Å². The van der Waals surface area contributed by atoms with Crippen molar-refractivity contribution >= 4 is 5.97 Å². The van der Waals surface area contributed by atoms with Crippen molar-refractivity contribution in [1.82, 2.24) is 0 Å². The number of alkyl halides is 3. The molecule has 0 bridgehead atoms. The maximum absolute atomic E-state index is 12.7. The van der Waals surface area contributed by atoms with E-state index in [1.165, 1.54) is 12.1 Å². The third kappa shape index (κ3) is 5.67. The summed E-state index contributed by atoms with van der Waals surface area (Å²) >= 11 is 0. The van der Waals surface area contributed by atoms with E-state index in [2.05, 4.69) is 0 Å². The average Bonchev–Trinajstić information content (AvgIpc) is 2.45. The highest BCUT2D eigenvalue weighted by Gasteiger charge is 2.30. The van der Waals surface area contributed by atoms with Crippen molar-refractivity contribution in [3.05, 3.63) is 35.4 Å². The van der Waals surface area contributed by atoms with Gasteiger partial charge >= 0.3 is 12.1 Å². The van der Waals surface area contributed by atoms with Gasteiger partial charge in [0.25, 0.3) is 0 Å². The summed E-state index contributed by atoms with van der Waals surface area (Å²) in [5, 5.41) is 8.97. The van der Waals surface area contributed by atoms with Crippen LogP contribution in [0.2, 0.25) is 0 Å². The molecule has 0 heterocycles. The lowest BCUT2D eigenvalue weighted by Gasteiger charge is -2.18. The molecule has 0 amide bonds. The molecule has 0 radical (unpaired) electrons. The molecule has 2 unspecified atom stereocenters. The molecule has 0 fully saturated rings. The minimum absolute atomic E-state index is 0.0787. The van der Waals surface area contributed by atoms with E-state index >= 15 is 0 Å². The zero-order chi connectivity index (χ0) is 16.8. The van der Waals surface area contributed by atoms with Crippen LogP contribution in [0.1, 0.15) is 37.3 Å². The molecule has 1 rings (SSSR count). The quantitative estimate of drug-likeness (QED) is 0.768. The molecule has 0 aliphatic heterocycles. The van der Waals surface area contributed by atoms with E-state index in [0.717, 1.165) is 12.5 Å². The summed E-state index contributed by atoms with van der Waals surface area (Å²) in [5.41, 5.74) is 5.39. The van der Waals surface area contributed by atoms with E-state index in [1.807, 2.05) is 6.92 Å². The molecule has 3 N–H and O–H groups in total. The zero-order valence-electron chi connectivity index (χ0n) is 12.6. The van der Waals surface area contributed by atoms with Crippen molar-refractivity contribution in [2.24, 2.45) is 17.6 Å².